The van der Waals surface area contributed by atoms with E-state index in [2.05, 4.69) is 10.4 Å². The highest BCUT2D eigenvalue weighted by Gasteiger charge is 2.32. The average Bonchev–Trinajstić information content (AvgIpc) is 2.36. The molecule has 1 N–H and O–H groups in total. The maximum absolute atomic E-state index is 11.2. The molecule has 2 rings (SSSR count). The molecule has 2 saturated heterocycles. The summed E-state index contributed by atoms with van der Waals surface area (Å²) in [4.78, 5) is 11.2. The molecule has 2 heterocycles. The molecule has 0 aliphatic carbocycles. The normalized spacial score (nSPS) is 34.4. The lowest BCUT2D eigenvalue weighted by molar-refractivity contribution is -0.127. The van der Waals surface area contributed by atoms with Crippen molar-refractivity contribution < 1.29 is 4.79 Å². The minimum absolute atomic E-state index is 0.216. The minimum Gasteiger partial charge on any atom is -0.298 e. The quantitative estimate of drug-likeness (QED) is 0.511. The van der Waals surface area contributed by atoms with Gasteiger partial charge in [-0.05, 0) is 12.8 Å². The van der Waals surface area contributed by atoms with E-state index in [4.69, 9.17) is 0 Å². The van der Waals surface area contributed by atoms with Gasteiger partial charge in [-0.3, -0.25) is 10.2 Å². The lowest BCUT2D eigenvalue weighted by atomic mass is 10.1. The van der Waals surface area contributed by atoms with Crippen LogP contribution < -0.4 is 5.43 Å². The van der Waals surface area contributed by atoms with Crippen molar-refractivity contribution in [1.82, 2.24) is 10.4 Å². The Labute approximate surface area is 60.4 Å². The largest absolute Gasteiger partial charge is 0.298 e. The predicted molar refractivity (Wildman–Crippen MR) is 37.4 cm³/mol. The van der Waals surface area contributed by atoms with Gasteiger partial charge in [-0.1, -0.05) is 0 Å². The van der Waals surface area contributed by atoms with E-state index in [1.54, 1.807) is 0 Å². The molecule has 10 heavy (non-hydrogen) atoms. The fourth-order valence-electron chi connectivity index (χ4n) is 1.78. The van der Waals surface area contributed by atoms with E-state index in [1.165, 1.54) is 6.42 Å². The zero-order valence-electron chi connectivity index (χ0n) is 5.97. The number of nitrogens with zero attached hydrogens (tertiary/aromatic N) is 1. The molecular weight excluding hydrogens is 128 g/mol. The highest BCUT2D eigenvalue weighted by atomic mass is 16.1. The van der Waals surface area contributed by atoms with Crippen LogP contribution in [0, 0.1) is 0 Å². The standard InChI is InChI=1S/C7H12N2O/c10-7-3-4-8-9-5-1-2-6(7)9/h6,8H,1-5H2. The van der Waals surface area contributed by atoms with Crippen LogP contribution in [0.15, 0.2) is 0 Å². The van der Waals surface area contributed by atoms with Crippen molar-refractivity contribution in [3.8, 4) is 0 Å². The summed E-state index contributed by atoms with van der Waals surface area (Å²) in [7, 11) is 0. The monoisotopic (exact) mass is 140 g/mol. The van der Waals surface area contributed by atoms with Gasteiger partial charge >= 0.3 is 0 Å². The molecule has 1 unspecified atom stereocenters. The van der Waals surface area contributed by atoms with Crippen molar-refractivity contribution in [3.05, 3.63) is 0 Å². The number of hydrogen-bond donors (Lipinski definition) is 1. The van der Waals surface area contributed by atoms with Crippen LogP contribution in [0.1, 0.15) is 19.3 Å². The molecule has 3 heteroatoms. The molecule has 2 fully saturated rings. The van der Waals surface area contributed by atoms with Crippen molar-refractivity contribution in [2.45, 2.75) is 25.3 Å². The van der Waals surface area contributed by atoms with Gasteiger partial charge in [0, 0.05) is 19.5 Å². The van der Waals surface area contributed by atoms with Crippen LogP contribution in [0.25, 0.3) is 0 Å². The summed E-state index contributed by atoms with van der Waals surface area (Å²) in [5.41, 5.74) is 3.22. The van der Waals surface area contributed by atoms with Crippen molar-refractivity contribution in [2.75, 3.05) is 13.1 Å². The Hall–Kier alpha value is -0.410. The molecule has 2 aliphatic rings. The van der Waals surface area contributed by atoms with Gasteiger partial charge < -0.3 is 0 Å². The first kappa shape index (κ1) is 6.31. The summed E-state index contributed by atoms with van der Waals surface area (Å²) in [5.74, 6) is 0.427. The van der Waals surface area contributed by atoms with Crippen molar-refractivity contribution in [2.24, 2.45) is 0 Å². The predicted octanol–water partition coefficient (Wildman–Crippen LogP) is -0.0718. The maximum atomic E-state index is 11.2. The Balaban J connectivity index is 2.10. The lowest BCUT2D eigenvalue weighted by Gasteiger charge is -2.28. The Morgan fingerprint density at radius 1 is 1.60 bits per heavy atom. The van der Waals surface area contributed by atoms with Crippen LogP contribution in [-0.4, -0.2) is 29.9 Å². The molecule has 0 saturated carbocycles. The van der Waals surface area contributed by atoms with E-state index in [-0.39, 0.29) is 6.04 Å². The second kappa shape index (κ2) is 2.32. The van der Waals surface area contributed by atoms with Gasteiger partial charge in [-0.15, -0.1) is 0 Å². The Morgan fingerprint density at radius 3 is 3.30 bits per heavy atom. The molecule has 0 radical (unpaired) electrons. The molecule has 0 spiro atoms. The first-order valence-corrected chi connectivity index (χ1v) is 3.91. The van der Waals surface area contributed by atoms with Gasteiger partial charge in [0.05, 0.1) is 6.04 Å². The fraction of sp³-hybridized carbons (Fsp3) is 0.857. The van der Waals surface area contributed by atoms with Gasteiger partial charge in [0.25, 0.3) is 0 Å². The third kappa shape index (κ3) is 0.859. The van der Waals surface area contributed by atoms with Gasteiger partial charge in [0.1, 0.15) is 0 Å². The molecule has 0 amide bonds. The fourth-order valence-corrected chi connectivity index (χ4v) is 1.78. The number of nitrogens with one attached hydrogen (secondary N) is 1. The second-order valence-corrected chi connectivity index (χ2v) is 2.98. The number of Topliss-reactive ketones (excluding diaryl/α,β-unsaturated/α-hetero) is 1. The van der Waals surface area contributed by atoms with Gasteiger partial charge in [-0.2, -0.15) is 0 Å². The SMILES string of the molecule is O=C1CCNN2CCCC12. The van der Waals surface area contributed by atoms with E-state index < -0.39 is 0 Å². The second-order valence-electron chi connectivity index (χ2n) is 2.98. The van der Waals surface area contributed by atoms with E-state index in [0.717, 1.165) is 25.9 Å². The van der Waals surface area contributed by atoms with Crippen LogP contribution in [0.5, 0.6) is 0 Å². The molecule has 0 aromatic carbocycles. The molecule has 2 aliphatic heterocycles. The highest BCUT2D eigenvalue weighted by molar-refractivity contribution is 5.84. The third-order valence-electron chi connectivity index (χ3n) is 2.31. The lowest BCUT2D eigenvalue weighted by Crippen LogP contribution is -2.51. The molecule has 0 aromatic rings. The minimum atomic E-state index is 0.216. The Bertz CT molecular complexity index is 158. The smallest absolute Gasteiger partial charge is 0.152 e. The number of ketones is 1. The number of rotatable bonds is 0. The van der Waals surface area contributed by atoms with Crippen LogP contribution in [0.3, 0.4) is 0 Å². The Kier molecular flexibility index (Phi) is 1.47. The van der Waals surface area contributed by atoms with E-state index in [1.807, 2.05) is 0 Å². The molecule has 0 aromatic heterocycles. The molecular formula is C7H12N2O. The van der Waals surface area contributed by atoms with Crippen LogP contribution in [-0.2, 0) is 4.79 Å². The maximum Gasteiger partial charge on any atom is 0.152 e. The van der Waals surface area contributed by atoms with Gasteiger partial charge in [0.2, 0.25) is 0 Å². The van der Waals surface area contributed by atoms with Crippen molar-refractivity contribution in [1.29, 1.82) is 0 Å². The number of fused-ring (bicyclic) bond motifs is 1. The van der Waals surface area contributed by atoms with Crippen LogP contribution >= 0.6 is 0 Å². The van der Waals surface area contributed by atoms with Crippen LogP contribution in [0.4, 0.5) is 0 Å². The van der Waals surface area contributed by atoms with Crippen molar-refractivity contribution in [3.63, 3.8) is 0 Å². The molecule has 0 bridgehead atoms. The first-order valence-electron chi connectivity index (χ1n) is 3.91. The summed E-state index contributed by atoms with van der Waals surface area (Å²) in [6.45, 7) is 1.89. The third-order valence-corrected chi connectivity index (χ3v) is 2.31. The first-order chi connectivity index (χ1) is 4.88. The molecule has 1 atom stereocenters. The number of carbonyl (C=O) groups is 1. The van der Waals surface area contributed by atoms with Gasteiger partial charge in [0.15, 0.2) is 5.78 Å². The zero-order chi connectivity index (χ0) is 6.97. The summed E-state index contributed by atoms with van der Waals surface area (Å²) < 4.78 is 0. The summed E-state index contributed by atoms with van der Waals surface area (Å²) >= 11 is 0. The van der Waals surface area contributed by atoms with E-state index in [0.29, 0.717) is 5.78 Å². The zero-order valence-corrected chi connectivity index (χ0v) is 5.97. The van der Waals surface area contributed by atoms with Gasteiger partial charge in [-0.25, -0.2) is 5.01 Å². The summed E-state index contributed by atoms with van der Waals surface area (Å²) in [6.07, 6.45) is 2.95. The Morgan fingerprint density at radius 2 is 2.50 bits per heavy atom. The van der Waals surface area contributed by atoms with E-state index >= 15 is 0 Å². The summed E-state index contributed by atoms with van der Waals surface area (Å²) in [6, 6.07) is 0.216. The van der Waals surface area contributed by atoms with E-state index in [9.17, 15) is 4.79 Å². The highest BCUT2D eigenvalue weighted by Crippen LogP contribution is 2.19. The van der Waals surface area contributed by atoms with Crippen molar-refractivity contribution >= 4 is 5.78 Å². The molecule has 3 nitrogen and oxygen atoms in total. The van der Waals surface area contributed by atoms with Crippen LogP contribution in [0.2, 0.25) is 0 Å². The topological polar surface area (TPSA) is 32.3 Å². The number of hydrazine groups is 1. The molecule has 56 valence electrons. The number of hydrogen-bond acceptors (Lipinski definition) is 3. The average molecular weight is 140 g/mol. The summed E-state index contributed by atoms with van der Waals surface area (Å²) in [5, 5.41) is 2.09. The number of carbonyl (C=O) groups excluding carboxylic acids is 1.